The van der Waals surface area contributed by atoms with E-state index in [1.807, 2.05) is 0 Å². The molecule has 1 saturated carbocycles. The lowest BCUT2D eigenvalue weighted by Gasteiger charge is -2.26. The van der Waals surface area contributed by atoms with E-state index < -0.39 is 5.82 Å². The Bertz CT molecular complexity index is 404. The maximum Gasteiger partial charge on any atom is 0.319 e. The van der Waals surface area contributed by atoms with Crippen LogP contribution in [-0.2, 0) is 0 Å². The fraction of sp³-hybridized carbons (Fsp3) is 0.364. The Morgan fingerprint density at radius 2 is 2.19 bits per heavy atom. The number of benzene rings is 1. The SMILES string of the molecule is Nc1ccc(NC(=O)NC2CCC2)cc1F. The highest BCUT2D eigenvalue weighted by Crippen LogP contribution is 2.19. The summed E-state index contributed by atoms with van der Waals surface area (Å²) in [6.45, 7) is 0. The first-order chi connectivity index (χ1) is 7.65. The molecule has 0 heterocycles. The molecule has 0 radical (unpaired) electrons. The molecule has 0 saturated heterocycles. The third kappa shape index (κ3) is 2.42. The van der Waals surface area contributed by atoms with Crippen molar-refractivity contribution >= 4 is 17.4 Å². The highest BCUT2D eigenvalue weighted by molar-refractivity contribution is 5.89. The van der Waals surface area contributed by atoms with Gasteiger partial charge in [-0.1, -0.05) is 0 Å². The molecule has 86 valence electrons. The Hall–Kier alpha value is -1.78. The van der Waals surface area contributed by atoms with Crippen molar-refractivity contribution in [1.82, 2.24) is 5.32 Å². The molecule has 0 aliphatic heterocycles. The first-order valence-corrected chi connectivity index (χ1v) is 5.27. The molecule has 0 aromatic heterocycles. The lowest BCUT2D eigenvalue weighted by molar-refractivity contribution is 0.240. The van der Waals surface area contributed by atoms with Gasteiger partial charge in [0.2, 0.25) is 0 Å². The Kier molecular flexibility index (Phi) is 2.94. The fourth-order valence-electron chi connectivity index (χ4n) is 1.51. The first kappa shape index (κ1) is 10.7. The molecular weight excluding hydrogens is 209 g/mol. The molecular formula is C11H14FN3O. The molecule has 1 aromatic carbocycles. The Morgan fingerprint density at radius 1 is 1.44 bits per heavy atom. The molecule has 0 atom stereocenters. The smallest absolute Gasteiger partial charge is 0.319 e. The number of urea groups is 1. The minimum atomic E-state index is -0.526. The van der Waals surface area contributed by atoms with E-state index in [9.17, 15) is 9.18 Å². The van der Waals surface area contributed by atoms with Crippen LogP contribution >= 0.6 is 0 Å². The molecule has 0 spiro atoms. The number of carbonyl (C=O) groups excluding carboxylic acids is 1. The first-order valence-electron chi connectivity index (χ1n) is 5.27. The number of hydrogen-bond donors (Lipinski definition) is 3. The van der Waals surface area contributed by atoms with Gasteiger partial charge in [0.1, 0.15) is 5.82 Å². The van der Waals surface area contributed by atoms with Gasteiger partial charge in [-0.25, -0.2) is 9.18 Å². The molecule has 4 nitrogen and oxygen atoms in total. The largest absolute Gasteiger partial charge is 0.396 e. The number of carbonyl (C=O) groups is 1. The standard InChI is InChI=1S/C11H14FN3O/c12-9-6-8(4-5-10(9)13)15-11(16)14-7-2-1-3-7/h4-7H,1-3,13H2,(H2,14,15,16). The van der Waals surface area contributed by atoms with Crippen LogP contribution in [0.25, 0.3) is 0 Å². The van der Waals surface area contributed by atoms with Gasteiger partial charge in [0.05, 0.1) is 5.69 Å². The fourth-order valence-corrected chi connectivity index (χ4v) is 1.51. The average Bonchev–Trinajstić information content (AvgIpc) is 2.18. The van der Waals surface area contributed by atoms with E-state index in [1.54, 1.807) is 6.07 Å². The monoisotopic (exact) mass is 223 g/mol. The summed E-state index contributed by atoms with van der Waals surface area (Å²) in [4.78, 5) is 11.4. The molecule has 0 bridgehead atoms. The van der Waals surface area contributed by atoms with E-state index in [0.717, 1.165) is 19.3 Å². The molecule has 5 heteroatoms. The Balaban J connectivity index is 1.92. The molecule has 16 heavy (non-hydrogen) atoms. The number of nitrogens with one attached hydrogen (secondary N) is 2. The van der Waals surface area contributed by atoms with Crippen LogP contribution in [0.4, 0.5) is 20.6 Å². The van der Waals surface area contributed by atoms with Gasteiger partial charge in [-0.3, -0.25) is 0 Å². The zero-order valence-electron chi connectivity index (χ0n) is 8.79. The van der Waals surface area contributed by atoms with Crippen molar-refractivity contribution in [3.05, 3.63) is 24.0 Å². The summed E-state index contributed by atoms with van der Waals surface area (Å²) in [6, 6.07) is 4.16. The van der Waals surface area contributed by atoms with Crippen LogP contribution in [0, 0.1) is 5.82 Å². The summed E-state index contributed by atoms with van der Waals surface area (Å²) in [5, 5.41) is 5.36. The van der Waals surface area contributed by atoms with E-state index in [-0.39, 0.29) is 17.8 Å². The van der Waals surface area contributed by atoms with E-state index in [2.05, 4.69) is 10.6 Å². The van der Waals surface area contributed by atoms with E-state index in [4.69, 9.17) is 5.73 Å². The number of rotatable bonds is 2. The van der Waals surface area contributed by atoms with Crippen molar-refractivity contribution < 1.29 is 9.18 Å². The van der Waals surface area contributed by atoms with Crippen molar-refractivity contribution in [3.63, 3.8) is 0 Å². The minimum Gasteiger partial charge on any atom is -0.396 e. The number of halogens is 1. The average molecular weight is 223 g/mol. The predicted molar refractivity (Wildman–Crippen MR) is 60.6 cm³/mol. The van der Waals surface area contributed by atoms with Gasteiger partial charge in [-0.05, 0) is 37.5 Å². The van der Waals surface area contributed by atoms with Crippen LogP contribution in [0.1, 0.15) is 19.3 Å². The summed E-state index contributed by atoms with van der Waals surface area (Å²) >= 11 is 0. The zero-order chi connectivity index (χ0) is 11.5. The second-order valence-electron chi connectivity index (χ2n) is 3.96. The normalized spacial score (nSPS) is 15.3. The van der Waals surface area contributed by atoms with Crippen LogP contribution in [0.15, 0.2) is 18.2 Å². The topological polar surface area (TPSA) is 67.1 Å². The lowest BCUT2D eigenvalue weighted by Crippen LogP contribution is -2.41. The van der Waals surface area contributed by atoms with Crippen molar-refractivity contribution in [2.45, 2.75) is 25.3 Å². The summed E-state index contributed by atoms with van der Waals surface area (Å²) in [5.41, 5.74) is 5.81. The van der Waals surface area contributed by atoms with Gasteiger partial charge < -0.3 is 16.4 Å². The van der Waals surface area contributed by atoms with Gasteiger partial charge in [0.25, 0.3) is 0 Å². The molecule has 2 amide bonds. The second-order valence-corrected chi connectivity index (χ2v) is 3.96. The third-order valence-electron chi connectivity index (χ3n) is 2.70. The summed E-state index contributed by atoms with van der Waals surface area (Å²) in [7, 11) is 0. The van der Waals surface area contributed by atoms with Crippen LogP contribution in [0.5, 0.6) is 0 Å². The number of anilines is 2. The summed E-state index contributed by atoms with van der Waals surface area (Å²) in [5.74, 6) is -0.526. The van der Waals surface area contributed by atoms with Crippen molar-refractivity contribution in [3.8, 4) is 0 Å². The molecule has 4 N–H and O–H groups in total. The number of nitrogens with two attached hydrogens (primary N) is 1. The molecule has 1 aliphatic carbocycles. The number of amides is 2. The van der Waals surface area contributed by atoms with Crippen LogP contribution in [0.3, 0.4) is 0 Å². The Morgan fingerprint density at radius 3 is 2.75 bits per heavy atom. The highest BCUT2D eigenvalue weighted by atomic mass is 19.1. The maximum absolute atomic E-state index is 13.1. The van der Waals surface area contributed by atoms with Crippen LogP contribution in [-0.4, -0.2) is 12.1 Å². The molecule has 1 fully saturated rings. The van der Waals surface area contributed by atoms with Crippen LogP contribution in [0.2, 0.25) is 0 Å². The third-order valence-corrected chi connectivity index (χ3v) is 2.70. The predicted octanol–water partition coefficient (Wildman–Crippen LogP) is 2.08. The summed E-state index contributed by atoms with van der Waals surface area (Å²) < 4.78 is 13.1. The molecule has 0 unspecified atom stereocenters. The quantitative estimate of drug-likeness (QED) is 0.672. The lowest BCUT2D eigenvalue weighted by atomic mass is 9.93. The van der Waals surface area contributed by atoms with Crippen molar-refractivity contribution in [1.29, 1.82) is 0 Å². The van der Waals surface area contributed by atoms with Crippen molar-refractivity contribution in [2.24, 2.45) is 0 Å². The Labute approximate surface area is 93.0 Å². The van der Waals surface area contributed by atoms with Gasteiger partial charge in [0, 0.05) is 11.7 Å². The maximum atomic E-state index is 13.1. The summed E-state index contributed by atoms with van der Waals surface area (Å²) in [6.07, 6.45) is 3.19. The van der Waals surface area contributed by atoms with E-state index >= 15 is 0 Å². The van der Waals surface area contributed by atoms with Gasteiger partial charge in [-0.2, -0.15) is 0 Å². The molecule has 1 aromatic rings. The van der Waals surface area contributed by atoms with E-state index in [0.29, 0.717) is 5.69 Å². The molecule has 1 aliphatic rings. The van der Waals surface area contributed by atoms with Gasteiger partial charge in [-0.15, -0.1) is 0 Å². The van der Waals surface area contributed by atoms with Gasteiger partial charge >= 0.3 is 6.03 Å². The van der Waals surface area contributed by atoms with Crippen molar-refractivity contribution in [2.75, 3.05) is 11.1 Å². The van der Waals surface area contributed by atoms with Crippen LogP contribution < -0.4 is 16.4 Å². The molecule has 2 rings (SSSR count). The second kappa shape index (κ2) is 4.38. The number of hydrogen-bond acceptors (Lipinski definition) is 2. The van der Waals surface area contributed by atoms with E-state index in [1.165, 1.54) is 12.1 Å². The zero-order valence-corrected chi connectivity index (χ0v) is 8.79. The number of nitrogen functional groups attached to an aromatic ring is 1. The minimum absolute atomic E-state index is 0.0740. The highest BCUT2D eigenvalue weighted by Gasteiger charge is 2.19. The van der Waals surface area contributed by atoms with Gasteiger partial charge in [0.15, 0.2) is 0 Å².